The van der Waals surface area contributed by atoms with E-state index in [1.165, 1.54) is 5.56 Å². The van der Waals surface area contributed by atoms with Gasteiger partial charge in [-0.2, -0.15) is 11.8 Å². The van der Waals surface area contributed by atoms with Crippen molar-refractivity contribution in [3.05, 3.63) is 28.2 Å². The van der Waals surface area contributed by atoms with Gasteiger partial charge < -0.3 is 4.74 Å². The molecule has 1 nitrogen and oxygen atoms in total. The van der Waals surface area contributed by atoms with E-state index in [1.807, 2.05) is 23.9 Å². The molecule has 1 aromatic rings. The minimum atomic E-state index is 0.670. The second-order valence-electron chi connectivity index (χ2n) is 4.22. The molecule has 0 saturated carbocycles. The molecule has 1 aromatic carbocycles. The lowest BCUT2D eigenvalue weighted by Gasteiger charge is -2.16. The highest BCUT2D eigenvalue weighted by molar-refractivity contribution is 9.10. The number of methoxy groups -OCH3 is 1. The molecular weight excluding hydrogens is 284 g/mol. The number of ether oxygens (including phenoxy) is 1. The van der Waals surface area contributed by atoms with E-state index in [0.29, 0.717) is 11.2 Å². The molecule has 0 saturated heterocycles. The molecule has 0 amide bonds. The van der Waals surface area contributed by atoms with Crippen molar-refractivity contribution >= 4 is 27.7 Å². The Bertz CT molecular complexity index is 339. The predicted octanol–water partition coefficient (Wildman–Crippen LogP) is 4.74. The van der Waals surface area contributed by atoms with Gasteiger partial charge in [-0.25, -0.2) is 0 Å². The Morgan fingerprint density at radius 3 is 2.56 bits per heavy atom. The molecule has 0 aliphatic rings. The van der Waals surface area contributed by atoms with E-state index in [1.54, 1.807) is 7.11 Å². The molecule has 0 heterocycles. The lowest BCUT2D eigenvalue weighted by atomic mass is 10.2. The Labute approximate surface area is 111 Å². The third kappa shape index (κ3) is 4.02. The molecular formula is C13H19BrOS. The van der Waals surface area contributed by atoms with Gasteiger partial charge in [0.2, 0.25) is 0 Å². The molecule has 90 valence electrons. The summed E-state index contributed by atoms with van der Waals surface area (Å²) < 4.78 is 6.47. The Balaban J connectivity index is 2.68. The number of thioether (sulfide) groups is 1. The van der Waals surface area contributed by atoms with Gasteiger partial charge in [-0.15, -0.1) is 0 Å². The first-order chi connectivity index (χ1) is 7.54. The van der Waals surface area contributed by atoms with Gasteiger partial charge in [0.25, 0.3) is 0 Å². The fourth-order valence-electron chi connectivity index (χ4n) is 1.27. The third-order valence-electron chi connectivity index (χ3n) is 2.68. The summed E-state index contributed by atoms with van der Waals surface area (Å²) in [6, 6.07) is 6.16. The van der Waals surface area contributed by atoms with Crippen molar-refractivity contribution in [2.24, 2.45) is 5.92 Å². The fraction of sp³-hybridized carbons (Fsp3) is 0.538. The topological polar surface area (TPSA) is 9.23 Å². The number of hydrogen-bond acceptors (Lipinski definition) is 2. The first kappa shape index (κ1) is 13.9. The van der Waals surface area contributed by atoms with E-state index < -0.39 is 0 Å². The molecule has 1 rings (SSSR count). The highest BCUT2D eigenvalue weighted by Gasteiger charge is 2.10. The average Bonchev–Trinajstić information content (AvgIpc) is 2.25. The Morgan fingerprint density at radius 2 is 2.00 bits per heavy atom. The number of rotatable bonds is 5. The van der Waals surface area contributed by atoms with Gasteiger partial charge in [0.05, 0.1) is 7.11 Å². The quantitative estimate of drug-likeness (QED) is 0.777. The van der Waals surface area contributed by atoms with E-state index in [4.69, 9.17) is 4.74 Å². The summed E-state index contributed by atoms with van der Waals surface area (Å²) in [6.45, 7) is 6.80. The maximum Gasteiger partial charge on any atom is 0.122 e. The van der Waals surface area contributed by atoms with Crippen LogP contribution >= 0.6 is 27.7 Å². The van der Waals surface area contributed by atoms with E-state index in [0.717, 1.165) is 16.0 Å². The first-order valence-electron chi connectivity index (χ1n) is 5.48. The highest BCUT2D eigenvalue weighted by atomic mass is 79.9. The molecule has 1 unspecified atom stereocenters. The van der Waals surface area contributed by atoms with Crippen LogP contribution in [0, 0.1) is 5.92 Å². The minimum Gasteiger partial charge on any atom is -0.496 e. The van der Waals surface area contributed by atoms with E-state index in [9.17, 15) is 0 Å². The van der Waals surface area contributed by atoms with Gasteiger partial charge in [-0.1, -0.05) is 36.7 Å². The largest absolute Gasteiger partial charge is 0.496 e. The van der Waals surface area contributed by atoms with Crippen LogP contribution in [0.1, 0.15) is 26.3 Å². The molecule has 0 radical (unpaired) electrons. The van der Waals surface area contributed by atoms with Gasteiger partial charge in [0, 0.05) is 21.0 Å². The molecule has 0 aliphatic carbocycles. The number of hydrogen-bond donors (Lipinski definition) is 0. The van der Waals surface area contributed by atoms with Crippen molar-refractivity contribution < 1.29 is 4.74 Å². The Hall–Kier alpha value is -0.150. The highest BCUT2D eigenvalue weighted by Crippen LogP contribution is 2.30. The van der Waals surface area contributed by atoms with Crippen LogP contribution in [0.25, 0.3) is 0 Å². The van der Waals surface area contributed by atoms with Gasteiger partial charge in [0.15, 0.2) is 0 Å². The van der Waals surface area contributed by atoms with E-state index in [2.05, 4.69) is 42.8 Å². The standard InChI is InChI=1S/C13H19BrOS/c1-9(2)10(3)16-8-11-7-12(14)5-6-13(11)15-4/h5-7,9-10H,8H2,1-4H3. The van der Waals surface area contributed by atoms with Crippen LogP contribution in [0.2, 0.25) is 0 Å². The summed E-state index contributed by atoms with van der Waals surface area (Å²) in [5.41, 5.74) is 1.26. The third-order valence-corrected chi connectivity index (χ3v) is 4.72. The van der Waals surface area contributed by atoms with Gasteiger partial charge in [-0.05, 0) is 24.1 Å². The lowest BCUT2D eigenvalue weighted by Crippen LogP contribution is -2.06. The maximum atomic E-state index is 5.36. The summed E-state index contributed by atoms with van der Waals surface area (Å²) in [5, 5.41) is 0.670. The molecule has 0 aliphatic heterocycles. The van der Waals surface area contributed by atoms with Crippen LogP contribution in [-0.4, -0.2) is 12.4 Å². The second-order valence-corrected chi connectivity index (χ2v) is 6.50. The number of benzene rings is 1. The molecule has 0 N–H and O–H groups in total. The van der Waals surface area contributed by atoms with Crippen LogP contribution in [0.5, 0.6) is 5.75 Å². The van der Waals surface area contributed by atoms with Crippen molar-refractivity contribution in [1.82, 2.24) is 0 Å². The van der Waals surface area contributed by atoms with Crippen molar-refractivity contribution in [3.63, 3.8) is 0 Å². The van der Waals surface area contributed by atoms with Crippen LogP contribution < -0.4 is 4.74 Å². The van der Waals surface area contributed by atoms with Crippen LogP contribution in [-0.2, 0) is 5.75 Å². The van der Waals surface area contributed by atoms with Crippen molar-refractivity contribution in [2.45, 2.75) is 31.8 Å². The van der Waals surface area contributed by atoms with E-state index in [-0.39, 0.29) is 0 Å². The van der Waals surface area contributed by atoms with Crippen LogP contribution in [0.3, 0.4) is 0 Å². The van der Waals surface area contributed by atoms with Crippen molar-refractivity contribution in [3.8, 4) is 5.75 Å². The van der Waals surface area contributed by atoms with Crippen molar-refractivity contribution in [2.75, 3.05) is 7.11 Å². The van der Waals surface area contributed by atoms with Gasteiger partial charge in [0.1, 0.15) is 5.75 Å². The first-order valence-corrected chi connectivity index (χ1v) is 7.32. The fourth-order valence-corrected chi connectivity index (χ4v) is 2.74. The van der Waals surface area contributed by atoms with Gasteiger partial charge in [-0.3, -0.25) is 0 Å². The Morgan fingerprint density at radius 1 is 1.31 bits per heavy atom. The van der Waals surface area contributed by atoms with Crippen LogP contribution in [0.15, 0.2) is 22.7 Å². The summed E-state index contributed by atoms with van der Waals surface area (Å²) in [4.78, 5) is 0. The van der Waals surface area contributed by atoms with Gasteiger partial charge >= 0.3 is 0 Å². The monoisotopic (exact) mass is 302 g/mol. The summed E-state index contributed by atoms with van der Waals surface area (Å²) >= 11 is 5.47. The minimum absolute atomic E-state index is 0.670. The second kappa shape index (κ2) is 6.55. The molecule has 0 aromatic heterocycles. The smallest absolute Gasteiger partial charge is 0.122 e. The zero-order valence-electron chi connectivity index (χ0n) is 10.3. The zero-order chi connectivity index (χ0) is 12.1. The molecule has 1 atom stereocenters. The lowest BCUT2D eigenvalue weighted by molar-refractivity contribution is 0.411. The van der Waals surface area contributed by atoms with Crippen LogP contribution in [0.4, 0.5) is 0 Å². The predicted molar refractivity (Wildman–Crippen MR) is 76.3 cm³/mol. The maximum absolute atomic E-state index is 5.36. The molecule has 16 heavy (non-hydrogen) atoms. The Kier molecular flexibility index (Phi) is 5.70. The van der Waals surface area contributed by atoms with E-state index >= 15 is 0 Å². The van der Waals surface area contributed by atoms with Crippen molar-refractivity contribution in [1.29, 1.82) is 0 Å². The molecule has 0 bridgehead atoms. The molecule has 3 heteroatoms. The zero-order valence-corrected chi connectivity index (χ0v) is 12.7. The SMILES string of the molecule is COc1ccc(Br)cc1CSC(C)C(C)C. The summed E-state index contributed by atoms with van der Waals surface area (Å²) in [7, 11) is 1.73. The summed E-state index contributed by atoms with van der Waals surface area (Å²) in [5.74, 6) is 2.69. The average molecular weight is 303 g/mol. The normalized spacial score (nSPS) is 12.9. The molecule has 0 fully saturated rings. The molecule has 0 spiro atoms. The number of halogens is 1. The summed E-state index contributed by atoms with van der Waals surface area (Å²) in [6.07, 6.45) is 0.